The smallest absolute Gasteiger partial charge is 0.138 e. The quantitative estimate of drug-likeness (QED) is 0.718. The van der Waals surface area contributed by atoms with Crippen molar-refractivity contribution in [1.82, 2.24) is 0 Å². The van der Waals surface area contributed by atoms with Gasteiger partial charge in [-0.2, -0.15) is 0 Å². The first-order valence-corrected chi connectivity index (χ1v) is 4.06. The highest BCUT2D eigenvalue weighted by Gasteiger charge is 2.09. The lowest BCUT2D eigenvalue weighted by Gasteiger charge is -2.09. The minimum Gasteiger partial charge on any atom is -0.327 e. The molecule has 1 nitrogen and oxygen atoms in total. The monoisotopic (exact) mass is 167 g/mol. The summed E-state index contributed by atoms with van der Waals surface area (Å²) in [6.45, 7) is 3.91. The van der Waals surface area contributed by atoms with Crippen molar-refractivity contribution in [2.45, 2.75) is 20.0 Å². The minimum atomic E-state index is -1.02. The molecule has 0 fully saturated rings. The van der Waals surface area contributed by atoms with Gasteiger partial charge < -0.3 is 5.73 Å². The zero-order valence-electron chi connectivity index (χ0n) is 7.47. The van der Waals surface area contributed by atoms with E-state index in [-0.39, 0.29) is 6.54 Å². The van der Waals surface area contributed by atoms with E-state index in [0.29, 0.717) is 0 Å². The summed E-state index contributed by atoms with van der Waals surface area (Å²) in [5, 5.41) is 0. The molecule has 0 radical (unpaired) electrons. The molecule has 0 heterocycles. The van der Waals surface area contributed by atoms with E-state index in [4.69, 9.17) is 5.73 Å². The van der Waals surface area contributed by atoms with Crippen molar-refractivity contribution in [3.63, 3.8) is 0 Å². The van der Waals surface area contributed by atoms with Crippen molar-refractivity contribution >= 4 is 0 Å². The molecule has 0 aromatic heterocycles. The third-order valence-electron chi connectivity index (χ3n) is 1.98. The molecule has 1 aromatic rings. The topological polar surface area (TPSA) is 26.0 Å². The van der Waals surface area contributed by atoms with Crippen LogP contribution in [0.3, 0.4) is 0 Å². The molecule has 1 rings (SSSR count). The molecule has 0 saturated carbocycles. The van der Waals surface area contributed by atoms with Crippen LogP contribution in [0.4, 0.5) is 4.39 Å². The van der Waals surface area contributed by atoms with Crippen LogP contribution in [0, 0.1) is 13.8 Å². The Balaban J connectivity index is 3.04. The highest BCUT2D eigenvalue weighted by atomic mass is 19.1. The Morgan fingerprint density at radius 2 is 2.08 bits per heavy atom. The lowest BCUT2D eigenvalue weighted by molar-refractivity contribution is 0.351. The van der Waals surface area contributed by atoms with E-state index in [1.54, 1.807) is 0 Å². The first-order valence-electron chi connectivity index (χ1n) is 4.06. The predicted molar refractivity (Wildman–Crippen MR) is 48.8 cm³/mol. The molecule has 0 amide bonds. The molecule has 66 valence electrons. The van der Waals surface area contributed by atoms with Crippen LogP contribution in [0.2, 0.25) is 0 Å². The zero-order valence-corrected chi connectivity index (χ0v) is 7.47. The fourth-order valence-corrected chi connectivity index (χ4v) is 1.22. The van der Waals surface area contributed by atoms with E-state index in [9.17, 15) is 4.39 Å². The van der Waals surface area contributed by atoms with Crippen molar-refractivity contribution in [2.24, 2.45) is 5.73 Å². The molecule has 1 aromatic carbocycles. The molecule has 12 heavy (non-hydrogen) atoms. The predicted octanol–water partition coefficient (Wildman–Crippen LogP) is 2.27. The molecular weight excluding hydrogens is 153 g/mol. The summed E-state index contributed by atoms with van der Waals surface area (Å²) in [7, 11) is 0. The summed E-state index contributed by atoms with van der Waals surface area (Å²) >= 11 is 0. The number of hydrogen-bond donors (Lipinski definition) is 1. The van der Waals surface area contributed by atoms with Crippen LogP contribution in [0.5, 0.6) is 0 Å². The van der Waals surface area contributed by atoms with Crippen molar-refractivity contribution in [2.75, 3.05) is 6.54 Å². The number of rotatable bonds is 2. The fraction of sp³-hybridized carbons (Fsp3) is 0.400. The van der Waals surface area contributed by atoms with Crippen molar-refractivity contribution in [3.8, 4) is 0 Å². The summed E-state index contributed by atoms with van der Waals surface area (Å²) in [6, 6.07) is 5.75. The number of aryl methyl sites for hydroxylation is 2. The lowest BCUT2D eigenvalue weighted by Crippen LogP contribution is -2.09. The Morgan fingerprint density at radius 3 is 2.67 bits per heavy atom. The number of nitrogens with two attached hydrogens (primary N) is 1. The molecule has 0 spiro atoms. The molecule has 2 N–H and O–H groups in total. The maximum Gasteiger partial charge on any atom is 0.138 e. The van der Waals surface area contributed by atoms with Gasteiger partial charge in [0.25, 0.3) is 0 Å². The second-order valence-corrected chi connectivity index (χ2v) is 3.06. The average Bonchev–Trinajstić information content (AvgIpc) is 2.08. The minimum absolute atomic E-state index is 0.0598. The lowest BCUT2D eigenvalue weighted by atomic mass is 10.0. The first kappa shape index (κ1) is 9.20. The van der Waals surface area contributed by atoms with Crippen molar-refractivity contribution in [3.05, 3.63) is 34.9 Å². The molecular formula is C10H14FN. The Labute approximate surface area is 72.4 Å². The second-order valence-electron chi connectivity index (χ2n) is 3.06. The van der Waals surface area contributed by atoms with E-state index in [0.717, 1.165) is 16.7 Å². The van der Waals surface area contributed by atoms with Gasteiger partial charge in [-0.3, -0.25) is 0 Å². The van der Waals surface area contributed by atoms with E-state index in [1.165, 1.54) is 0 Å². The molecule has 0 saturated heterocycles. The number of benzene rings is 1. The maximum atomic E-state index is 13.2. The van der Waals surface area contributed by atoms with Crippen LogP contribution >= 0.6 is 0 Å². The summed E-state index contributed by atoms with van der Waals surface area (Å²) < 4.78 is 13.2. The Kier molecular flexibility index (Phi) is 2.82. The molecule has 0 aliphatic carbocycles. The zero-order chi connectivity index (χ0) is 9.14. The maximum absolute atomic E-state index is 13.2. The third-order valence-corrected chi connectivity index (χ3v) is 1.98. The van der Waals surface area contributed by atoms with Gasteiger partial charge in [0.2, 0.25) is 0 Å². The van der Waals surface area contributed by atoms with Crippen LogP contribution < -0.4 is 5.73 Å². The van der Waals surface area contributed by atoms with Gasteiger partial charge in [-0.1, -0.05) is 23.8 Å². The van der Waals surface area contributed by atoms with Gasteiger partial charge in [-0.05, 0) is 25.0 Å². The number of halogens is 1. The summed E-state index contributed by atoms with van der Waals surface area (Å²) in [6.07, 6.45) is -1.02. The van der Waals surface area contributed by atoms with Crippen LogP contribution in [-0.2, 0) is 0 Å². The van der Waals surface area contributed by atoms with Gasteiger partial charge >= 0.3 is 0 Å². The second kappa shape index (κ2) is 3.68. The van der Waals surface area contributed by atoms with Gasteiger partial charge in [0.05, 0.1) is 0 Å². The van der Waals surface area contributed by atoms with Crippen molar-refractivity contribution in [1.29, 1.82) is 0 Å². The standard InChI is InChI=1S/C10H14FN/c1-7-3-4-8(2)9(5-7)10(11)6-12/h3-5,10H,6,12H2,1-2H3. The Morgan fingerprint density at radius 1 is 1.42 bits per heavy atom. The van der Waals surface area contributed by atoms with E-state index < -0.39 is 6.17 Å². The first-order chi connectivity index (χ1) is 5.65. The fourth-order valence-electron chi connectivity index (χ4n) is 1.22. The SMILES string of the molecule is Cc1ccc(C)c(C(F)CN)c1. The number of alkyl halides is 1. The van der Waals surface area contributed by atoms with Gasteiger partial charge in [0.1, 0.15) is 6.17 Å². The van der Waals surface area contributed by atoms with Crippen LogP contribution in [0.1, 0.15) is 22.9 Å². The normalized spacial score (nSPS) is 13.0. The molecule has 0 aliphatic rings. The van der Waals surface area contributed by atoms with Gasteiger partial charge in [-0.15, -0.1) is 0 Å². The molecule has 1 unspecified atom stereocenters. The van der Waals surface area contributed by atoms with Crippen molar-refractivity contribution < 1.29 is 4.39 Å². The highest BCUT2D eigenvalue weighted by Crippen LogP contribution is 2.21. The molecule has 0 aliphatic heterocycles. The number of hydrogen-bond acceptors (Lipinski definition) is 1. The van der Waals surface area contributed by atoms with Gasteiger partial charge in [0.15, 0.2) is 0 Å². The van der Waals surface area contributed by atoms with Gasteiger partial charge in [0, 0.05) is 6.54 Å². The molecule has 1 atom stereocenters. The summed E-state index contributed by atoms with van der Waals surface area (Å²) in [5.41, 5.74) is 8.01. The summed E-state index contributed by atoms with van der Waals surface area (Å²) in [5.74, 6) is 0. The largest absolute Gasteiger partial charge is 0.327 e. The van der Waals surface area contributed by atoms with Crippen LogP contribution in [-0.4, -0.2) is 6.54 Å². The van der Waals surface area contributed by atoms with E-state index in [2.05, 4.69) is 0 Å². The van der Waals surface area contributed by atoms with Crippen LogP contribution in [0.25, 0.3) is 0 Å². The van der Waals surface area contributed by atoms with E-state index >= 15 is 0 Å². The molecule has 0 bridgehead atoms. The molecule has 2 heteroatoms. The van der Waals surface area contributed by atoms with E-state index in [1.807, 2.05) is 32.0 Å². The third kappa shape index (κ3) is 1.83. The summed E-state index contributed by atoms with van der Waals surface area (Å²) in [4.78, 5) is 0. The Hall–Kier alpha value is -0.890. The Bertz CT molecular complexity index is 271. The average molecular weight is 167 g/mol. The van der Waals surface area contributed by atoms with Crippen LogP contribution in [0.15, 0.2) is 18.2 Å². The van der Waals surface area contributed by atoms with Gasteiger partial charge in [-0.25, -0.2) is 4.39 Å². The highest BCUT2D eigenvalue weighted by molar-refractivity contribution is 5.32.